The normalized spacial score (nSPS) is 12.7. The van der Waals surface area contributed by atoms with Gasteiger partial charge in [-0.3, -0.25) is 0 Å². The van der Waals surface area contributed by atoms with Crippen molar-refractivity contribution in [2.75, 3.05) is 0 Å². The summed E-state index contributed by atoms with van der Waals surface area (Å²) >= 11 is 1.55. The van der Waals surface area contributed by atoms with Crippen LogP contribution in [0.1, 0.15) is 43.1 Å². The maximum atomic E-state index is 13.1. The summed E-state index contributed by atoms with van der Waals surface area (Å²) in [7, 11) is 0. The molecule has 0 spiro atoms. The van der Waals surface area contributed by atoms with E-state index in [0.717, 1.165) is 47.1 Å². The van der Waals surface area contributed by atoms with Crippen LogP contribution < -0.4 is 0 Å². The van der Waals surface area contributed by atoms with Crippen molar-refractivity contribution in [1.82, 2.24) is 0 Å². The van der Waals surface area contributed by atoms with Crippen LogP contribution in [0, 0.1) is 5.82 Å². The van der Waals surface area contributed by atoms with Gasteiger partial charge in [-0.05, 0) is 48.9 Å². The van der Waals surface area contributed by atoms with Crippen LogP contribution in [0.3, 0.4) is 0 Å². The number of aliphatic hydroxyl groups excluding tert-OH is 1. The van der Waals surface area contributed by atoms with Crippen molar-refractivity contribution < 1.29 is 9.50 Å². The van der Waals surface area contributed by atoms with E-state index >= 15 is 0 Å². The predicted molar refractivity (Wildman–Crippen MR) is 80.0 cm³/mol. The van der Waals surface area contributed by atoms with Crippen molar-refractivity contribution in [2.45, 2.75) is 38.2 Å². The first-order valence-corrected chi connectivity index (χ1v) is 7.50. The molecule has 0 saturated heterocycles. The van der Waals surface area contributed by atoms with Crippen molar-refractivity contribution in [1.29, 1.82) is 0 Å². The fourth-order valence-electron chi connectivity index (χ4n) is 2.14. The Kier molecular flexibility index (Phi) is 5.11. The van der Waals surface area contributed by atoms with Gasteiger partial charge in [-0.2, -0.15) is 0 Å². The first-order chi connectivity index (χ1) is 9.20. The van der Waals surface area contributed by atoms with Crippen LogP contribution >= 0.6 is 11.3 Å². The molecule has 0 amide bonds. The number of benzene rings is 1. The SMILES string of the molecule is C=CCCCCCC(O)c1cc2cc(F)ccc2s1. The highest BCUT2D eigenvalue weighted by Gasteiger charge is 2.11. The topological polar surface area (TPSA) is 20.2 Å². The van der Waals surface area contributed by atoms with Crippen molar-refractivity contribution in [3.8, 4) is 0 Å². The lowest BCUT2D eigenvalue weighted by Gasteiger charge is -2.07. The van der Waals surface area contributed by atoms with Crippen LogP contribution in [-0.2, 0) is 0 Å². The van der Waals surface area contributed by atoms with E-state index in [2.05, 4.69) is 6.58 Å². The number of halogens is 1. The van der Waals surface area contributed by atoms with Gasteiger partial charge in [-0.15, -0.1) is 17.9 Å². The molecule has 0 aliphatic heterocycles. The van der Waals surface area contributed by atoms with E-state index in [4.69, 9.17) is 0 Å². The maximum absolute atomic E-state index is 13.1. The Labute approximate surface area is 117 Å². The maximum Gasteiger partial charge on any atom is 0.123 e. The Bertz CT molecular complexity index is 547. The van der Waals surface area contributed by atoms with E-state index in [1.807, 2.05) is 12.1 Å². The Balaban J connectivity index is 1.93. The van der Waals surface area contributed by atoms with Crippen LogP contribution in [0.5, 0.6) is 0 Å². The van der Waals surface area contributed by atoms with Crippen molar-refractivity contribution in [3.63, 3.8) is 0 Å². The summed E-state index contributed by atoms with van der Waals surface area (Å²) in [6.45, 7) is 3.69. The monoisotopic (exact) mass is 278 g/mol. The summed E-state index contributed by atoms with van der Waals surface area (Å²) in [6, 6.07) is 6.66. The first kappa shape index (κ1) is 14.2. The highest BCUT2D eigenvalue weighted by molar-refractivity contribution is 7.19. The molecule has 1 heterocycles. The minimum Gasteiger partial charge on any atom is -0.388 e. The fourth-order valence-corrected chi connectivity index (χ4v) is 3.21. The molecule has 0 aliphatic carbocycles. The number of allylic oxidation sites excluding steroid dienone is 1. The van der Waals surface area contributed by atoms with Gasteiger partial charge in [-0.1, -0.05) is 18.9 Å². The first-order valence-electron chi connectivity index (χ1n) is 6.68. The molecule has 0 aliphatic rings. The van der Waals surface area contributed by atoms with E-state index in [9.17, 15) is 9.50 Å². The van der Waals surface area contributed by atoms with Gasteiger partial charge in [0.05, 0.1) is 6.10 Å². The number of aliphatic hydroxyl groups is 1. The second-order valence-corrected chi connectivity index (χ2v) is 5.89. The van der Waals surface area contributed by atoms with E-state index < -0.39 is 6.10 Å². The van der Waals surface area contributed by atoms with Crippen LogP contribution in [0.2, 0.25) is 0 Å². The largest absolute Gasteiger partial charge is 0.388 e. The summed E-state index contributed by atoms with van der Waals surface area (Å²) in [4.78, 5) is 0.935. The molecule has 1 atom stereocenters. The van der Waals surface area contributed by atoms with E-state index in [1.165, 1.54) is 12.1 Å². The standard InChI is InChI=1S/C16H19FOS/c1-2-3-4-5-6-7-14(18)16-11-12-10-13(17)8-9-15(12)19-16/h2,8-11,14,18H,1,3-7H2. The van der Waals surface area contributed by atoms with Crippen LogP contribution in [-0.4, -0.2) is 5.11 Å². The molecule has 19 heavy (non-hydrogen) atoms. The fraction of sp³-hybridized carbons (Fsp3) is 0.375. The van der Waals surface area contributed by atoms with Gasteiger partial charge in [0.15, 0.2) is 0 Å². The van der Waals surface area contributed by atoms with Gasteiger partial charge in [-0.25, -0.2) is 4.39 Å². The summed E-state index contributed by atoms with van der Waals surface area (Å²) in [5.41, 5.74) is 0. The van der Waals surface area contributed by atoms with Crippen molar-refractivity contribution in [2.24, 2.45) is 0 Å². The number of fused-ring (bicyclic) bond motifs is 1. The molecule has 0 bridgehead atoms. The molecule has 1 N–H and O–H groups in total. The third-order valence-electron chi connectivity index (χ3n) is 3.21. The van der Waals surface area contributed by atoms with Gasteiger partial charge in [0, 0.05) is 9.58 Å². The van der Waals surface area contributed by atoms with Gasteiger partial charge >= 0.3 is 0 Å². The van der Waals surface area contributed by atoms with E-state index in [1.54, 1.807) is 17.4 Å². The van der Waals surface area contributed by atoms with E-state index in [-0.39, 0.29) is 5.82 Å². The molecular weight excluding hydrogens is 259 g/mol. The number of unbranched alkanes of at least 4 members (excludes halogenated alkanes) is 3. The molecule has 3 heteroatoms. The number of rotatable bonds is 7. The molecule has 1 nitrogen and oxygen atoms in total. The Morgan fingerprint density at radius 3 is 2.89 bits per heavy atom. The summed E-state index contributed by atoms with van der Waals surface area (Å²) in [5.74, 6) is -0.226. The molecule has 0 radical (unpaired) electrons. The quantitative estimate of drug-likeness (QED) is 0.544. The average molecular weight is 278 g/mol. The smallest absolute Gasteiger partial charge is 0.123 e. The molecule has 0 saturated carbocycles. The lowest BCUT2D eigenvalue weighted by atomic mass is 10.1. The zero-order valence-electron chi connectivity index (χ0n) is 10.9. The predicted octanol–water partition coefficient (Wildman–Crippen LogP) is 5.21. The highest BCUT2D eigenvalue weighted by atomic mass is 32.1. The summed E-state index contributed by atoms with van der Waals surface area (Å²) in [5, 5.41) is 11.0. The average Bonchev–Trinajstić information content (AvgIpc) is 2.81. The van der Waals surface area contributed by atoms with Crippen LogP contribution in [0.4, 0.5) is 4.39 Å². The van der Waals surface area contributed by atoms with Crippen molar-refractivity contribution >= 4 is 21.4 Å². The molecule has 2 aromatic rings. The third kappa shape index (κ3) is 3.88. The second-order valence-electron chi connectivity index (χ2n) is 4.77. The van der Waals surface area contributed by atoms with Gasteiger partial charge < -0.3 is 5.11 Å². The van der Waals surface area contributed by atoms with Gasteiger partial charge in [0.2, 0.25) is 0 Å². The molecule has 1 aromatic carbocycles. The summed E-state index contributed by atoms with van der Waals surface area (Å²) < 4.78 is 14.1. The Morgan fingerprint density at radius 1 is 1.26 bits per heavy atom. The number of thiophene rings is 1. The zero-order valence-corrected chi connectivity index (χ0v) is 11.8. The number of hydrogen-bond acceptors (Lipinski definition) is 2. The Morgan fingerprint density at radius 2 is 2.11 bits per heavy atom. The second kappa shape index (κ2) is 6.83. The molecule has 2 rings (SSSR count). The highest BCUT2D eigenvalue weighted by Crippen LogP contribution is 2.32. The summed E-state index contributed by atoms with van der Waals surface area (Å²) in [6.07, 6.45) is 6.57. The van der Waals surface area contributed by atoms with Gasteiger partial charge in [0.1, 0.15) is 5.82 Å². The lowest BCUT2D eigenvalue weighted by Crippen LogP contribution is -1.94. The minimum atomic E-state index is -0.427. The lowest BCUT2D eigenvalue weighted by molar-refractivity contribution is 0.167. The van der Waals surface area contributed by atoms with Crippen LogP contribution in [0.15, 0.2) is 36.9 Å². The van der Waals surface area contributed by atoms with Gasteiger partial charge in [0.25, 0.3) is 0 Å². The molecule has 1 unspecified atom stereocenters. The Hall–Kier alpha value is -1.19. The minimum absolute atomic E-state index is 0.226. The third-order valence-corrected chi connectivity index (χ3v) is 4.43. The molecular formula is C16H19FOS. The molecule has 1 aromatic heterocycles. The number of hydrogen-bond donors (Lipinski definition) is 1. The van der Waals surface area contributed by atoms with E-state index in [0.29, 0.717) is 0 Å². The zero-order chi connectivity index (χ0) is 13.7. The molecule has 0 fully saturated rings. The van der Waals surface area contributed by atoms with Crippen LogP contribution in [0.25, 0.3) is 10.1 Å². The van der Waals surface area contributed by atoms with Crippen molar-refractivity contribution in [3.05, 3.63) is 47.6 Å². The molecule has 102 valence electrons.